The number of likely N-dealkylation sites (tertiary alicyclic amines) is 1. The van der Waals surface area contributed by atoms with Crippen LogP contribution in [0, 0.1) is 5.13 Å². The van der Waals surface area contributed by atoms with E-state index in [1.807, 2.05) is 30.5 Å². The highest BCUT2D eigenvalue weighted by molar-refractivity contribution is 7.14. The van der Waals surface area contributed by atoms with Gasteiger partial charge in [-0.15, -0.1) is 11.3 Å². The number of nitrogens with zero attached hydrogens (tertiary/aromatic N) is 5. The molecule has 6 aromatic rings. The molecule has 6 heterocycles. The van der Waals surface area contributed by atoms with E-state index in [1.54, 1.807) is 18.5 Å². The zero-order valence-electron chi connectivity index (χ0n) is 20.4. The molecule has 1 aliphatic heterocycles. The van der Waals surface area contributed by atoms with Gasteiger partial charge in [-0.05, 0) is 67.9 Å². The third-order valence-electron chi connectivity index (χ3n) is 6.94. The van der Waals surface area contributed by atoms with Crippen LogP contribution in [-0.2, 0) is 0 Å². The molecule has 0 aliphatic carbocycles. The Hall–Kier alpha value is -4.15. The predicted octanol–water partition coefficient (Wildman–Crippen LogP) is 5.91. The van der Waals surface area contributed by atoms with Gasteiger partial charge < -0.3 is 9.72 Å². The Kier molecular flexibility index (Phi) is 5.82. The van der Waals surface area contributed by atoms with Crippen molar-refractivity contribution >= 4 is 33.4 Å². The van der Waals surface area contributed by atoms with Crippen LogP contribution in [0.1, 0.15) is 12.8 Å². The maximum atomic E-state index is 13.7. The quantitative estimate of drug-likeness (QED) is 0.269. The lowest BCUT2D eigenvalue weighted by atomic mass is 10.0. The number of pyridine rings is 2. The Morgan fingerprint density at radius 1 is 1.03 bits per heavy atom. The second-order valence-corrected chi connectivity index (χ2v) is 10.4. The lowest BCUT2D eigenvalue weighted by Gasteiger charge is -2.15. The number of hydrogen-bond donors (Lipinski definition) is 2. The summed E-state index contributed by atoms with van der Waals surface area (Å²) in [4.78, 5) is 20.2. The van der Waals surface area contributed by atoms with Gasteiger partial charge in [-0.2, -0.15) is 9.49 Å². The molecular weight excluding hydrogens is 501 g/mol. The summed E-state index contributed by atoms with van der Waals surface area (Å²) < 4.78 is 19.7. The summed E-state index contributed by atoms with van der Waals surface area (Å²) in [7, 11) is 0. The Labute approximate surface area is 221 Å². The van der Waals surface area contributed by atoms with Crippen LogP contribution >= 0.6 is 11.3 Å². The molecule has 1 fully saturated rings. The van der Waals surface area contributed by atoms with E-state index in [0.717, 1.165) is 74.7 Å². The zero-order valence-corrected chi connectivity index (χ0v) is 21.3. The van der Waals surface area contributed by atoms with Gasteiger partial charge in [0.25, 0.3) is 0 Å². The van der Waals surface area contributed by atoms with Crippen molar-refractivity contribution in [3.05, 3.63) is 66.2 Å². The highest BCUT2D eigenvalue weighted by atomic mass is 32.1. The van der Waals surface area contributed by atoms with Crippen LogP contribution in [0.4, 0.5) is 4.39 Å². The molecule has 10 heteroatoms. The van der Waals surface area contributed by atoms with E-state index in [-0.39, 0.29) is 5.13 Å². The Balaban J connectivity index is 1.20. The van der Waals surface area contributed by atoms with E-state index in [2.05, 4.69) is 36.1 Å². The fourth-order valence-corrected chi connectivity index (χ4v) is 5.78. The van der Waals surface area contributed by atoms with Gasteiger partial charge in [0.05, 0.1) is 17.2 Å². The van der Waals surface area contributed by atoms with E-state index in [0.29, 0.717) is 23.8 Å². The largest absolute Gasteiger partial charge is 0.491 e. The van der Waals surface area contributed by atoms with Crippen molar-refractivity contribution in [2.45, 2.75) is 12.8 Å². The average molecular weight is 526 g/mol. The van der Waals surface area contributed by atoms with Gasteiger partial charge in [-0.3, -0.25) is 15.0 Å². The highest BCUT2D eigenvalue weighted by Gasteiger charge is 2.17. The van der Waals surface area contributed by atoms with Crippen molar-refractivity contribution in [3.63, 3.8) is 0 Å². The number of thiophene rings is 1. The lowest BCUT2D eigenvalue weighted by Crippen LogP contribution is -2.25. The number of fused-ring (bicyclic) bond motifs is 2. The summed E-state index contributed by atoms with van der Waals surface area (Å²) in [6.07, 6.45) is 7.83. The summed E-state index contributed by atoms with van der Waals surface area (Å²) in [5.74, 6) is 1.35. The molecule has 0 amide bonds. The van der Waals surface area contributed by atoms with Crippen molar-refractivity contribution in [3.8, 4) is 38.8 Å². The number of hydrogen-bond acceptors (Lipinski definition) is 7. The number of ether oxygens (including phenoxy) is 1. The molecule has 1 saturated heterocycles. The minimum atomic E-state index is -0.230. The summed E-state index contributed by atoms with van der Waals surface area (Å²) in [5.41, 5.74) is 5.71. The molecule has 1 aromatic carbocycles. The number of rotatable bonds is 7. The zero-order chi connectivity index (χ0) is 25.5. The number of benzene rings is 1. The van der Waals surface area contributed by atoms with Gasteiger partial charge in [-0.1, -0.05) is 6.07 Å². The van der Waals surface area contributed by atoms with Crippen LogP contribution in [-0.4, -0.2) is 61.3 Å². The number of H-pyrrole nitrogens is 2. The molecule has 7 rings (SSSR count). The number of imidazole rings is 1. The van der Waals surface area contributed by atoms with Crippen molar-refractivity contribution in [1.82, 2.24) is 35.0 Å². The Morgan fingerprint density at radius 2 is 1.95 bits per heavy atom. The van der Waals surface area contributed by atoms with Crippen molar-refractivity contribution in [2.75, 3.05) is 26.2 Å². The molecule has 0 saturated carbocycles. The van der Waals surface area contributed by atoms with Crippen LogP contribution in [0.5, 0.6) is 5.75 Å². The maximum Gasteiger partial charge on any atom is 0.178 e. The summed E-state index contributed by atoms with van der Waals surface area (Å²) in [5, 5.41) is 8.34. The molecule has 0 unspecified atom stereocenters. The van der Waals surface area contributed by atoms with Gasteiger partial charge in [0.2, 0.25) is 0 Å². The first-order chi connectivity index (χ1) is 18.7. The topological polar surface area (TPSA) is 95.6 Å². The third kappa shape index (κ3) is 4.31. The number of nitrogens with one attached hydrogen (secondary N) is 2. The third-order valence-corrected chi connectivity index (χ3v) is 7.85. The Morgan fingerprint density at radius 3 is 2.82 bits per heavy atom. The van der Waals surface area contributed by atoms with E-state index in [1.165, 1.54) is 18.9 Å². The first-order valence-corrected chi connectivity index (χ1v) is 13.4. The van der Waals surface area contributed by atoms with Crippen molar-refractivity contribution < 1.29 is 9.13 Å². The molecule has 2 N–H and O–H groups in total. The standard InChI is InChI=1S/C28H24FN7OS/c29-24-6-5-23(38-24)20-7-8-31-27-25(20)32-28(33-27)26-21-14-17(3-4-22(21)34-35-26)18-13-19(16-30-15-18)37-12-11-36-9-1-2-10-36/h3-8,13-16H,1-2,9-12H2,(H,34,35)(H,31,32,33). The first kappa shape index (κ1) is 23.0. The van der Waals surface area contributed by atoms with E-state index < -0.39 is 0 Å². The second-order valence-electron chi connectivity index (χ2n) is 9.39. The molecule has 5 aromatic heterocycles. The fourth-order valence-electron chi connectivity index (χ4n) is 5.02. The minimum absolute atomic E-state index is 0.230. The van der Waals surface area contributed by atoms with E-state index in [4.69, 9.17) is 9.72 Å². The second kappa shape index (κ2) is 9.62. The maximum absolute atomic E-state index is 13.7. The van der Waals surface area contributed by atoms with Crippen LogP contribution in [0.25, 0.3) is 55.2 Å². The lowest BCUT2D eigenvalue weighted by molar-refractivity contribution is 0.237. The van der Waals surface area contributed by atoms with E-state index >= 15 is 0 Å². The molecule has 0 atom stereocenters. The van der Waals surface area contributed by atoms with Crippen LogP contribution in [0.3, 0.4) is 0 Å². The van der Waals surface area contributed by atoms with Gasteiger partial charge in [0, 0.05) is 40.3 Å². The minimum Gasteiger partial charge on any atom is -0.491 e. The molecule has 38 heavy (non-hydrogen) atoms. The number of aromatic amines is 2. The predicted molar refractivity (Wildman–Crippen MR) is 147 cm³/mol. The van der Waals surface area contributed by atoms with Gasteiger partial charge in [0.1, 0.15) is 18.1 Å². The summed E-state index contributed by atoms with van der Waals surface area (Å²) >= 11 is 1.09. The number of aromatic nitrogens is 6. The summed E-state index contributed by atoms with van der Waals surface area (Å²) in [6.45, 7) is 3.90. The average Bonchev–Trinajstić information content (AvgIpc) is 3.74. The van der Waals surface area contributed by atoms with Gasteiger partial charge >= 0.3 is 0 Å². The van der Waals surface area contributed by atoms with E-state index in [9.17, 15) is 4.39 Å². The number of halogens is 1. The van der Waals surface area contributed by atoms with Gasteiger partial charge in [-0.25, -0.2) is 9.97 Å². The summed E-state index contributed by atoms with van der Waals surface area (Å²) in [6, 6.07) is 13.2. The highest BCUT2D eigenvalue weighted by Crippen LogP contribution is 2.35. The smallest absolute Gasteiger partial charge is 0.178 e. The normalized spacial score (nSPS) is 14.1. The molecule has 190 valence electrons. The van der Waals surface area contributed by atoms with Crippen molar-refractivity contribution in [2.24, 2.45) is 0 Å². The first-order valence-electron chi connectivity index (χ1n) is 12.6. The molecular formula is C28H24FN7OS. The van der Waals surface area contributed by atoms with Crippen LogP contribution < -0.4 is 4.74 Å². The van der Waals surface area contributed by atoms with Crippen LogP contribution in [0.15, 0.2) is 61.1 Å². The molecule has 0 bridgehead atoms. The monoisotopic (exact) mass is 525 g/mol. The SMILES string of the molecule is Fc1ccc(-c2ccnc3nc(-c4n[nH]c5ccc(-c6cncc(OCCN7CCCC7)c6)cc45)[nH]c23)s1. The van der Waals surface area contributed by atoms with Gasteiger partial charge in [0.15, 0.2) is 16.6 Å². The fraction of sp³-hybridized carbons (Fsp3) is 0.214. The Bertz CT molecular complexity index is 1750. The molecule has 0 spiro atoms. The van der Waals surface area contributed by atoms with Crippen LogP contribution in [0.2, 0.25) is 0 Å². The molecule has 0 radical (unpaired) electrons. The molecule has 8 nitrogen and oxygen atoms in total. The molecule has 1 aliphatic rings. The van der Waals surface area contributed by atoms with Crippen molar-refractivity contribution in [1.29, 1.82) is 0 Å².